The zero-order valence-corrected chi connectivity index (χ0v) is 12.8. The van der Waals surface area contributed by atoms with Crippen molar-refractivity contribution in [3.63, 3.8) is 0 Å². The minimum Gasteiger partial charge on any atom is -0.380 e. The molecule has 0 aliphatic carbocycles. The number of anilines is 1. The zero-order valence-electron chi connectivity index (χ0n) is 12.1. The molecule has 6 heteroatoms. The molecular weight excluding hydrogens is 288 g/mol. The molecule has 0 aliphatic heterocycles. The highest BCUT2D eigenvalue weighted by atomic mass is 35.5. The van der Waals surface area contributed by atoms with Crippen LogP contribution in [-0.4, -0.2) is 16.3 Å². The van der Waals surface area contributed by atoms with Gasteiger partial charge in [0.1, 0.15) is 5.02 Å². The molecule has 112 valence electrons. The second kappa shape index (κ2) is 6.74. The summed E-state index contributed by atoms with van der Waals surface area (Å²) >= 11 is 6.10. The maximum Gasteiger partial charge on any atom is 0.287 e. The van der Waals surface area contributed by atoms with Gasteiger partial charge in [0.2, 0.25) is 0 Å². The summed E-state index contributed by atoms with van der Waals surface area (Å²) in [5.74, 6) is 0. The van der Waals surface area contributed by atoms with Crippen LogP contribution < -0.4 is 16.6 Å². The van der Waals surface area contributed by atoms with Crippen LogP contribution in [0.3, 0.4) is 0 Å². The summed E-state index contributed by atoms with van der Waals surface area (Å²) in [6.45, 7) is 4.23. The maximum atomic E-state index is 12.0. The smallest absolute Gasteiger partial charge is 0.287 e. The van der Waals surface area contributed by atoms with E-state index >= 15 is 0 Å². The number of hydrogen-bond donors (Lipinski definition) is 2. The fourth-order valence-electron chi connectivity index (χ4n) is 1.97. The van der Waals surface area contributed by atoms with Crippen LogP contribution in [0.15, 0.2) is 41.3 Å². The standard InChI is InChI=1S/C15H19ClN4O/c1-10(2)20-15(21)14(16)13(9-19-20)18-8-12(17)11-6-4-3-5-7-11/h3-7,9-10,12,18H,8,17H2,1-2H3. The molecule has 21 heavy (non-hydrogen) atoms. The highest BCUT2D eigenvalue weighted by Gasteiger charge is 2.12. The molecule has 1 heterocycles. The van der Waals surface area contributed by atoms with E-state index in [1.165, 1.54) is 4.68 Å². The van der Waals surface area contributed by atoms with E-state index in [2.05, 4.69) is 10.4 Å². The van der Waals surface area contributed by atoms with Crippen LogP contribution in [0, 0.1) is 0 Å². The van der Waals surface area contributed by atoms with Gasteiger partial charge in [0.05, 0.1) is 17.9 Å². The lowest BCUT2D eigenvalue weighted by Gasteiger charge is -2.16. The van der Waals surface area contributed by atoms with Crippen LogP contribution in [0.2, 0.25) is 5.02 Å². The summed E-state index contributed by atoms with van der Waals surface area (Å²) in [5.41, 5.74) is 7.32. The van der Waals surface area contributed by atoms with Crippen molar-refractivity contribution in [1.29, 1.82) is 0 Å². The van der Waals surface area contributed by atoms with Crippen LogP contribution in [0.4, 0.5) is 5.69 Å². The Morgan fingerprint density at radius 2 is 2.00 bits per heavy atom. The minimum absolute atomic E-state index is 0.0318. The molecule has 0 amide bonds. The maximum absolute atomic E-state index is 12.0. The molecule has 1 aromatic heterocycles. The number of halogens is 1. The Morgan fingerprint density at radius 3 is 2.62 bits per heavy atom. The Morgan fingerprint density at radius 1 is 1.33 bits per heavy atom. The van der Waals surface area contributed by atoms with Gasteiger partial charge in [-0.25, -0.2) is 4.68 Å². The first-order valence-electron chi connectivity index (χ1n) is 6.82. The van der Waals surface area contributed by atoms with E-state index in [-0.39, 0.29) is 22.7 Å². The number of hydrogen-bond acceptors (Lipinski definition) is 4. The molecule has 0 fully saturated rings. The van der Waals surface area contributed by atoms with Gasteiger partial charge < -0.3 is 11.1 Å². The molecule has 1 atom stereocenters. The Hall–Kier alpha value is -1.85. The summed E-state index contributed by atoms with van der Waals surface area (Å²) in [5, 5.41) is 7.33. The lowest BCUT2D eigenvalue weighted by atomic mass is 10.1. The molecular formula is C15H19ClN4O. The quantitative estimate of drug-likeness (QED) is 0.890. The van der Waals surface area contributed by atoms with Gasteiger partial charge in [-0.2, -0.15) is 5.10 Å². The average molecular weight is 307 g/mol. The Kier molecular flexibility index (Phi) is 4.98. The Labute approximate surface area is 128 Å². The first kappa shape index (κ1) is 15.5. The lowest BCUT2D eigenvalue weighted by Crippen LogP contribution is -2.27. The predicted molar refractivity (Wildman–Crippen MR) is 85.8 cm³/mol. The van der Waals surface area contributed by atoms with E-state index in [9.17, 15) is 4.79 Å². The van der Waals surface area contributed by atoms with Crippen LogP contribution >= 0.6 is 11.6 Å². The second-order valence-corrected chi connectivity index (χ2v) is 5.49. The molecule has 5 nitrogen and oxygen atoms in total. The third-order valence-electron chi connectivity index (χ3n) is 3.17. The second-order valence-electron chi connectivity index (χ2n) is 5.11. The van der Waals surface area contributed by atoms with E-state index in [0.29, 0.717) is 12.2 Å². The highest BCUT2D eigenvalue weighted by molar-refractivity contribution is 6.32. The summed E-state index contributed by atoms with van der Waals surface area (Å²) in [6, 6.07) is 9.52. The van der Waals surface area contributed by atoms with E-state index < -0.39 is 0 Å². The first-order chi connectivity index (χ1) is 10.0. The van der Waals surface area contributed by atoms with Gasteiger partial charge in [-0.05, 0) is 19.4 Å². The van der Waals surface area contributed by atoms with Crippen molar-refractivity contribution < 1.29 is 0 Å². The van der Waals surface area contributed by atoms with Gasteiger partial charge >= 0.3 is 0 Å². The Bertz CT molecular complexity index is 654. The monoisotopic (exact) mass is 306 g/mol. The van der Waals surface area contributed by atoms with Gasteiger partial charge in [-0.1, -0.05) is 41.9 Å². The molecule has 0 bridgehead atoms. The van der Waals surface area contributed by atoms with Crippen molar-refractivity contribution in [3.8, 4) is 0 Å². The van der Waals surface area contributed by atoms with Gasteiger partial charge in [-0.3, -0.25) is 4.79 Å². The van der Waals surface area contributed by atoms with Gasteiger partial charge in [0, 0.05) is 12.6 Å². The van der Waals surface area contributed by atoms with Crippen LogP contribution in [0.25, 0.3) is 0 Å². The number of aromatic nitrogens is 2. The largest absolute Gasteiger partial charge is 0.380 e. The third kappa shape index (κ3) is 3.62. The van der Waals surface area contributed by atoms with E-state index in [4.69, 9.17) is 17.3 Å². The average Bonchev–Trinajstić information content (AvgIpc) is 2.49. The molecule has 0 aliphatic rings. The molecule has 2 aromatic rings. The van der Waals surface area contributed by atoms with Crippen LogP contribution in [-0.2, 0) is 0 Å². The molecule has 0 saturated heterocycles. The van der Waals surface area contributed by atoms with Gasteiger partial charge in [-0.15, -0.1) is 0 Å². The summed E-state index contributed by atoms with van der Waals surface area (Å²) in [7, 11) is 0. The SMILES string of the molecule is CC(C)n1ncc(NCC(N)c2ccccc2)c(Cl)c1=O. The van der Waals surface area contributed by atoms with Gasteiger partial charge in [0.15, 0.2) is 0 Å². The van der Waals surface area contributed by atoms with Crippen molar-refractivity contribution in [1.82, 2.24) is 9.78 Å². The lowest BCUT2D eigenvalue weighted by molar-refractivity contribution is 0.503. The number of nitrogens with two attached hydrogens (primary N) is 1. The molecule has 1 unspecified atom stereocenters. The molecule has 3 N–H and O–H groups in total. The molecule has 1 aromatic carbocycles. The summed E-state index contributed by atoms with van der Waals surface area (Å²) in [4.78, 5) is 12.0. The van der Waals surface area contributed by atoms with E-state index in [1.807, 2.05) is 44.2 Å². The number of nitrogens with zero attached hydrogens (tertiary/aromatic N) is 2. The fraction of sp³-hybridized carbons (Fsp3) is 0.333. The van der Waals surface area contributed by atoms with Gasteiger partial charge in [0.25, 0.3) is 5.56 Å². The predicted octanol–water partition coefficient (Wildman–Crippen LogP) is 2.59. The molecule has 0 saturated carbocycles. The molecule has 0 radical (unpaired) electrons. The summed E-state index contributed by atoms with van der Waals surface area (Å²) < 4.78 is 1.35. The minimum atomic E-state index is -0.301. The summed E-state index contributed by atoms with van der Waals surface area (Å²) in [6.07, 6.45) is 1.56. The van der Waals surface area contributed by atoms with Crippen molar-refractivity contribution in [2.24, 2.45) is 5.73 Å². The topological polar surface area (TPSA) is 72.9 Å². The number of rotatable bonds is 5. The number of benzene rings is 1. The molecule has 2 rings (SSSR count). The van der Waals surface area contributed by atoms with Crippen molar-refractivity contribution >= 4 is 17.3 Å². The van der Waals surface area contributed by atoms with E-state index in [1.54, 1.807) is 6.20 Å². The van der Waals surface area contributed by atoms with Crippen molar-refractivity contribution in [2.45, 2.75) is 25.9 Å². The highest BCUT2D eigenvalue weighted by Crippen LogP contribution is 2.18. The molecule has 0 spiro atoms. The van der Waals surface area contributed by atoms with Crippen molar-refractivity contribution in [2.75, 3.05) is 11.9 Å². The van der Waals surface area contributed by atoms with Crippen LogP contribution in [0.1, 0.15) is 31.5 Å². The number of nitrogens with one attached hydrogen (secondary N) is 1. The Balaban J connectivity index is 2.11. The fourth-order valence-corrected chi connectivity index (χ4v) is 2.18. The third-order valence-corrected chi connectivity index (χ3v) is 3.54. The normalized spacial score (nSPS) is 12.4. The van der Waals surface area contributed by atoms with Crippen LogP contribution in [0.5, 0.6) is 0 Å². The van der Waals surface area contributed by atoms with E-state index in [0.717, 1.165) is 5.56 Å². The van der Waals surface area contributed by atoms with Crippen molar-refractivity contribution in [3.05, 3.63) is 57.5 Å². The zero-order chi connectivity index (χ0) is 15.4. The first-order valence-corrected chi connectivity index (χ1v) is 7.20.